The van der Waals surface area contributed by atoms with Crippen molar-refractivity contribution in [1.82, 2.24) is 10.3 Å². The van der Waals surface area contributed by atoms with E-state index in [0.29, 0.717) is 18.7 Å². The Balaban J connectivity index is 2.08. The van der Waals surface area contributed by atoms with Gasteiger partial charge >= 0.3 is 12.1 Å². The number of rotatable bonds is 6. The highest BCUT2D eigenvalue weighted by Gasteiger charge is 2.16. The first-order chi connectivity index (χ1) is 13.2. The van der Waals surface area contributed by atoms with E-state index >= 15 is 0 Å². The molecule has 0 radical (unpaired) electrons. The van der Waals surface area contributed by atoms with E-state index in [1.807, 2.05) is 52.0 Å². The molecular formula is C21H26N2O4S. The lowest BCUT2D eigenvalue weighted by Crippen LogP contribution is -2.32. The van der Waals surface area contributed by atoms with Gasteiger partial charge in [-0.25, -0.2) is 14.6 Å². The summed E-state index contributed by atoms with van der Waals surface area (Å²) in [5, 5.41) is 3.53. The number of amides is 1. The zero-order valence-corrected chi connectivity index (χ0v) is 17.7. The van der Waals surface area contributed by atoms with E-state index < -0.39 is 11.7 Å². The van der Waals surface area contributed by atoms with Gasteiger partial charge in [0.2, 0.25) is 0 Å². The number of nitrogens with zero attached hydrogens (tertiary/aromatic N) is 1. The summed E-state index contributed by atoms with van der Waals surface area (Å²) in [6.45, 7) is 9.82. The fourth-order valence-corrected chi connectivity index (χ4v) is 3.35. The number of aryl methyl sites for hydroxylation is 1. The second-order valence-corrected chi connectivity index (χ2v) is 8.25. The molecule has 1 aromatic carbocycles. The van der Waals surface area contributed by atoms with E-state index in [4.69, 9.17) is 9.47 Å². The Morgan fingerprint density at radius 1 is 1.18 bits per heavy atom. The number of carbonyl (C=O) groups is 2. The number of ether oxygens (including phenoxy) is 2. The predicted octanol–water partition coefficient (Wildman–Crippen LogP) is 4.74. The SMILES string of the molecule is CCOC(=O)c1cccc(Sc2cc(CNC(=O)OC(C)(C)C)cc(C)n2)c1. The van der Waals surface area contributed by atoms with E-state index in [1.165, 1.54) is 11.8 Å². The van der Waals surface area contributed by atoms with Crippen molar-refractivity contribution in [2.24, 2.45) is 0 Å². The van der Waals surface area contributed by atoms with E-state index in [0.717, 1.165) is 21.2 Å². The Labute approximate surface area is 170 Å². The number of aromatic nitrogens is 1. The van der Waals surface area contributed by atoms with Crippen molar-refractivity contribution in [2.75, 3.05) is 6.61 Å². The molecule has 1 amide bonds. The van der Waals surface area contributed by atoms with Crippen molar-refractivity contribution in [3.05, 3.63) is 53.2 Å². The lowest BCUT2D eigenvalue weighted by atomic mass is 10.2. The molecule has 1 aromatic heterocycles. The van der Waals surface area contributed by atoms with Crippen molar-refractivity contribution in [2.45, 2.75) is 56.7 Å². The van der Waals surface area contributed by atoms with Crippen LogP contribution >= 0.6 is 11.8 Å². The molecule has 1 N–H and O–H groups in total. The molecule has 0 fully saturated rings. The molecule has 7 heteroatoms. The molecule has 6 nitrogen and oxygen atoms in total. The lowest BCUT2D eigenvalue weighted by molar-refractivity contribution is 0.0514. The maximum Gasteiger partial charge on any atom is 0.407 e. The topological polar surface area (TPSA) is 77.5 Å². The van der Waals surface area contributed by atoms with E-state index in [2.05, 4.69) is 10.3 Å². The third-order valence-corrected chi connectivity index (χ3v) is 4.30. The maximum absolute atomic E-state index is 11.9. The first kappa shape index (κ1) is 21.8. The predicted molar refractivity (Wildman–Crippen MR) is 109 cm³/mol. The van der Waals surface area contributed by atoms with Crippen molar-refractivity contribution >= 4 is 23.8 Å². The van der Waals surface area contributed by atoms with Gasteiger partial charge in [-0.05, 0) is 70.5 Å². The minimum atomic E-state index is -0.538. The van der Waals surface area contributed by atoms with E-state index in [9.17, 15) is 9.59 Å². The molecule has 0 unspecified atom stereocenters. The van der Waals surface area contributed by atoms with Crippen molar-refractivity contribution in [3.8, 4) is 0 Å². The van der Waals surface area contributed by atoms with Crippen molar-refractivity contribution in [3.63, 3.8) is 0 Å². The molecule has 1 heterocycles. The normalized spacial score (nSPS) is 11.0. The second kappa shape index (κ2) is 9.59. The Morgan fingerprint density at radius 2 is 1.93 bits per heavy atom. The van der Waals surface area contributed by atoms with E-state index in [-0.39, 0.29) is 5.97 Å². The Kier molecular flexibility index (Phi) is 7.45. The number of alkyl carbamates (subject to hydrolysis) is 1. The maximum atomic E-state index is 11.9. The van der Waals surface area contributed by atoms with Crippen molar-refractivity contribution in [1.29, 1.82) is 0 Å². The molecule has 0 saturated carbocycles. The van der Waals surface area contributed by atoms with Gasteiger partial charge in [-0.1, -0.05) is 17.8 Å². The fraction of sp³-hybridized carbons (Fsp3) is 0.381. The van der Waals surface area contributed by atoms with Crippen LogP contribution in [0.3, 0.4) is 0 Å². The van der Waals surface area contributed by atoms with Crippen molar-refractivity contribution < 1.29 is 19.1 Å². The number of carbonyl (C=O) groups excluding carboxylic acids is 2. The number of esters is 1. The number of nitrogens with one attached hydrogen (secondary N) is 1. The van der Waals surface area contributed by atoms with Gasteiger partial charge in [0, 0.05) is 17.1 Å². The van der Waals surface area contributed by atoms with Gasteiger partial charge in [-0.15, -0.1) is 0 Å². The van der Waals surface area contributed by atoms with Gasteiger partial charge < -0.3 is 14.8 Å². The second-order valence-electron chi connectivity index (χ2n) is 7.16. The number of hydrogen-bond donors (Lipinski definition) is 1. The highest BCUT2D eigenvalue weighted by atomic mass is 32.2. The van der Waals surface area contributed by atoms with Crippen LogP contribution in [0.2, 0.25) is 0 Å². The standard InChI is InChI=1S/C21H26N2O4S/c1-6-26-19(24)16-8-7-9-17(12-16)28-18-11-15(10-14(2)23-18)13-22-20(25)27-21(3,4)5/h7-12H,6,13H2,1-5H3,(H,22,25). The lowest BCUT2D eigenvalue weighted by Gasteiger charge is -2.19. The minimum Gasteiger partial charge on any atom is -0.462 e. The average Bonchev–Trinajstić information content (AvgIpc) is 2.58. The molecule has 28 heavy (non-hydrogen) atoms. The molecule has 0 spiro atoms. The van der Waals surface area contributed by atoms with Crippen LogP contribution in [0.4, 0.5) is 4.79 Å². The summed E-state index contributed by atoms with van der Waals surface area (Å²) in [4.78, 5) is 29.2. The Morgan fingerprint density at radius 3 is 2.61 bits per heavy atom. The molecule has 0 aliphatic carbocycles. The largest absolute Gasteiger partial charge is 0.462 e. The molecule has 150 valence electrons. The summed E-state index contributed by atoms with van der Waals surface area (Å²) in [6.07, 6.45) is -0.460. The Hall–Kier alpha value is -2.54. The third kappa shape index (κ3) is 7.23. The Bertz CT molecular complexity index is 847. The average molecular weight is 403 g/mol. The molecular weight excluding hydrogens is 376 g/mol. The first-order valence-electron chi connectivity index (χ1n) is 9.06. The summed E-state index contributed by atoms with van der Waals surface area (Å²) >= 11 is 1.45. The van der Waals surface area contributed by atoms with E-state index in [1.54, 1.807) is 19.1 Å². The van der Waals surface area contributed by atoms with Crippen LogP contribution in [0.5, 0.6) is 0 Å². The first-order valence-corrected chi connectivity index (χ1v) is 9.87. The van der Waals surface area contributed by atoms with Crippen LogP contribution in [0.15, 0.2) is 46.3 Å². The van der Waals surface area contributed by atoms with Gasteiger partial charge in [0.1, 0.15) is 10.6 Å². The monoisotopic (exact) mass is 402 g/mol. The molecule has 0 aliphatic rings. The van der Waals surface area contributed by atoms with Crippen LogP contribution in [-0.4, -0.2) is 29.3 Å². The summed E-state index contributed by atoms with van der Waals surface area (Å²) < 4.78 is 10.3. The molecule has 0 saturated heterocycles. The van der Waals surface area contributed by atoms with Gasteiger partial charge in [-0.2, -0.15) is 0 Å². The summed E-state index contributed by atoms with van der Waals surface area (Å²) in [5.41, 5.74) is 1.73. The van der Waals surface area contributed by atoms with Crippen LogP contribution in [-0.2, 0) is 16.0 Å². The molecule has 0 aliphatic heterocycles. The fourth-order valence-electron chi connectivity index (χ4n) is 2.37. The highest BCUT2D eigenvalue weighted by Crippen LogP contribution is 2.28. The smallest absolute Gasteiger partial charge is 0.407 e. The summed E-state index contributed by atoms with van der Waals surface area (Å²) in [7, 11) is 0. The van der Waals surface area contributed by atoms with Crippen LogP contribution in [0.1, 0.15) is 49.3 Å². The molecule has 0 bridgehead atoms. The number of benzene rings is 1. The quantitative estimate of drug-likeness (QED) is 0.703. The van der Waals surface area contributed by atoms with Gasteiger partial charge in [0.25, 0.3) is 0 Å². The number of hydrogen-bond acceptors (Lipinski definition) is 6. The van der Waals surface area contributed by atoms with Gasteiger partial charge in [-0.3, -0.25) is 0 Å². The van der Waals surface area contributed by atoms with Crippen LogP contribution in [0, 0.1) is 6.92 Å². The zero-order chi connectivity index (χ0) is 20.7. The van der Waals surface area contributed by atoms with Crippen LogP contribution < -0.4 is 5.32 Å². The minimum absolute atomic E-state index is 0.337. The highest BCUT2D eigenvalue weighted by molar-refractivity contribution is 7.99. The van der Waals surface area contributed by atoms with Gasteiger partial charge in [0.05, 0.1) is 12.2 Å². The van der Waals surface area contributed by atoms with Gasteiger partial charge in [0.15, 0.2) is 0 Å². The molecule has 2 aromatic rings. The van der Waals surface area contributed by atoms with Crippen LogP contribution in [0.25, 0.3) is 0 Å². The zero-order valence-electron chi connectivity index (χ0n) is 16.9. The molecule has 2 rings (SSSR count). The third-order valence-electron chi connectivity index (χ3n) is 3.39. The summed E-state index contributed by atoms with van der Waals surface area (Å²) in [6, 6.07) is 11.1. The number of pyridine rings is 1. The molecule has 0 atom stereocenters. The summed E-state index contributed by atoms with van der Waals surface area (Å²) in [5.74, 6) is -0.343.